The van der Waals surface area contributed by atoms with Crippen molar-refractivity contribution in [2.75, 3.05) is 5.73 Å². The van der Waals surface area contributed by atoms with Crippen molar-refractivity contribution in [3.8, 4) is 11.5 Å². The first-order chi connectivity index (χ1) is 9.36. The predicted octanol–water partition coefficient (Wildman–Crippen LogP) is 3.68. The number of rotatable bonds is 3. The molecule has 0 atom stereocenters. The average molecular weight is 271 g/mol. The molecule has 0 saturated carbocycles. The zero-order chi connectivity index (χ0) is 14.9. The van der Waals surface area contributed by atoms with E-state index < -0.39 is 5.97 Å². The molecule has 20 heavy (non-hydrogen) atoms. The molecule has 4 heteroatoms. The number of aryl methyl sites for hydroxylation is 3. The van der Waals surface area contributed by atoms with Crippen LogP contribution in [-0.4, -0.2) is 11.1 Å². The second kappa shape index (κ2) is 5.25. The van der Waals surface area contributed by atoms with Gasteiger partial charge in [-0.25, -0.2) is 4.79 Å². The van der Waals surface area contributed by atoms with Gasteiger partial charge in [-0.15, -0.1) is 0 Å². The van der Waals surface area contributed by atoms with Crippen LogP contribution in [0.1, 0.15) is 27.0 Å². The van der Waals surface area contributed by atoms with Gasteiger partial charge in [0.05, 0.1) is 5.56 Å². The van der Waals surface area contributed by atoms with E-state index >= 15 is 0 Å². The highest BCUT2D eigenvalue weighted by Gasteiger charge is 2.13. The third-order valence-electron chi connectivity index (χ3n) is 3.02. The SMILES string of the molecule is Cc1cc(C)cc(Oc2cc(C)c(N)c(C(=O)O)c2)c1. The Hall–Kier alpha value is -2.49. The summed E-state index contributed by atoms with van der Waals surface area (Å²) in [5.41, 5.74) is 8.95. The molecule has 0 fully saturated rings. The predicted molar refractivity (Wildman–Crippen MR) is 78.5 cm³/mol. The first-order valence-corrected chi connectivity index (χ1v) is 6.26. The lowest BCUT2D eigenvalue weighted by Gasteiger charge is -2.11. The molecule has 0 heterocycles. The summed E-state index contributed by atoms with van der Waals surface area (Å²) >= 11 is 0. The fraction of sp³-hybridized carbons (Fsp3) is 0.188. The number of aromatic carboxylic acids is 1. The van der Waals surface area contributed by atoms with Crippen molar-refractivity contribution in [3.05, 3.63) is 52.6 Å². The minimum atomic E-state index is -1.06. The van der Waals surface area contributed by atoms with Gasteiger partial charge in [0.25, 0.3) is 0 Å². The molecule has 4 nitrogen and oxygen atoms in total. The molecule has 2 rings (SSSR count). The highest BCUT2D eigenvalue weighted by molar-refractivity contribution is 5.95. The topological polar surface area (TPSA) is 72.5 Å². The molecule has 0 aliphatic heterocycles. The van der Waals surface area contributed by atoms with E-state index in [-0.39, 0.29) is 11.3 Å². The van der Waals surface area contributed by atoms with Gasteiger partial charge in [0.1, 0.15) is 11.5 Å². The number of ether oxygens (including phenoxy) is 1. The molecule has 0 saturated heterocycles. The van der Waals surface area contributed by atoms with E-state index in [2.05, 4.69) is 0 Å². The van der Waals surface area contributed by atoms with E-state index in [1.54, 1.807) is 13.0 Å². The van der Waals surface area contributed by atoms with Crippen molar-refractivity contribution in [2.24, 2.45) is 0 Å². The van der Waals surface area contributed by atoms with Crippen LogP contribution in [0.25, 0.3) is 0 Å². The molecule has 0 aliphatic rings. The smallest absolute Gasteiger partial charge is 0.337 e. The van der Waals surface area contributed by atoms with Crippen LogP contribution in [0.2, 0.25) is 0 Å². The molecule has 0 radical (unpaired) electrons. The number of hydrogen-bond donors (Lipinski definition) is 2. The van der Waals surface area contributed by atoms with Gasteiger partial charge in [-0.2, -0.15) is 0 Å². The summed E-state index contributed by atoms with van der Waals surface area (Å²) in [6.07, 6.45) is 0. The molecule has 104 valence electrons. The highest BCUT2D eigenvalue weighted by Crippen LogP contribution is 2.29. The number of carbonyl (C=O) groups is 1. The average Bonchev–Trinajstić information content (AvgIpc) is 2.31. The lowest BCUT2D eigenvalue weighted by Crippen LogP contribution is -2.04. The number of anilines is 1. The van der Waals surface area contributed by atoms with Crippen LogP contribution in [0.4, 0.5) is 5.69 Å². The van der Waals surface area contributed by atoms with E-state index in [1.165, 1.54) is 6.07 Å². The summed E-state index contributed by atoms with van der Waals surface area (Å²) in [6.45, 7) is 5.73. The summed E-state index contributed by atoms with van der Waals surface area (Å²) in [6, 6.07) is 9.03. The van der Waals surface area contributed by atoms with Gasteiger partial charge in [0.2, 0.25) is 0 Å². The Kier molecular flexibility index (Phi) is 3.66. The Bertz CT molecular complexity index is 657. The van der Waals surface area contributed by atoms with Crippen LogP contribution in [0.5, 0.6) is 11.5 Å². The molecule has 0 aromatic heterocycles. The van der Waals surface area contributed by atoms with Gasteiger partial charge in [-0.05, 0) is 61.7 Å². The normalized spacial score (nSPS) is 10.3. The second-order valence-electron chi connectivity index (χ2n) is 4.93. The summed E-state index contributed by atoms with van der Waals surface area (Å²) in [5.74, 6) is 0.0959. The van der Waals surface area contributed by atoms with Crippen molar-refractivity contribution in [2.45, 2.75) is 20.8 Å². The maximum absolute atomic E-state index is 11.2. The minimum Gasteiger partial charge on any atom is -0.478 e. The van der Waals surface area contributed by atoms with Gasteiger partial charge < -0.3 is 15.6 Å². The first kappa shape index (κ1) is 13.9. The van der Waals surface area contributed by atoms with E-state index in [1.807, 2.05) is 32.0 Å². The number of carboxylic acids is 1. The number of benzene rings is 2. The molecule has 0 spiro atoms. The Labute approximate surface area is 117 Å². The zero-order valence-electron chi connectivity index (χ0n) is 11.7. The lowest BCUT2D eigenvalue weighted by molar-refractivity contribution is 0.0697. The zero-order valence-corrected chi connectivity index (χ0v) is 11.7. The van der Waals surface area contributed by atoms with Gasteiger partial charge >= 0.3 is 5.97 Å². The largest absolute Gasteiger partial charge is 0.478 e. The Balaban J connectivity index is 2.41. The van der Waals surface area contributed by atoms with Gasteiger partial charge in [-0.3, -0.25) is 0 Å². The third-order valence-corrected chi connectivity index (χ3v) is 3.02. The minimum absolute atomic E-state index is 0.0596. The molecule has 2 aromatic rings. The summed E-state index contributed by atoms with van der Waals surface area (Å²) in [4.78, 5) is 11.2. The van der Waals surface area contributed by atoms with Crippen LogP contribution >= 0.6 is 0 Å². The van der Waals surface area contributed by atoms with Crippen LogP contribution in [0.15, 0.2) is 30.3 Å². The fourth-order valence-corrected chi connectivity index (χ4v) is 2.13. The Morgan fingerprint density at radius 2 is 1.55 bits per heavy atom. The van der Waals surface area contributed by atoms with E-state index in [9.17, 15) is 4.79 Å². The summed E-state index contributed by atoms with van der Waals surface area (Å²) in [7, 11) is 0. The molecule has 0 amide bonds. The highest BCUT2D eigenvalue weighted by atomic mass is 16.5. The van der Waals surface area contributed by atoms with Crippen molar-refractivity contribution in [1.82, 2.24) is 0 Å². The van der Waals surface area contributed by atoms with E-state index in [4.69, 9.17) is 15.6 Å². The van der Waals surface area contributed by atoms with E-state index in [0.29, 0.717) is 17.1 Å². The molecule has 3 N–H and O–H groups in total. The monoisotopic (exact) mass is 271 g/mol. The molecular weight excluding hydrogens is 254 g/mol. The van der Waals surface area contributed by atoms with Crippen molar-refractivity contribution < 1.29 is 14.6 Å². The van der Waals surface area contributed by atoms with E-state index in [0.717, 1.165) is 11.1 Å². The molecule has 0 unspecified atom stereocenters. The quantitative estimate of drug-likeness (QED) is 0.835. The van der Waals surface area contributed by atoms with Crippen LogP contribution < -0.4 is 10.5 Å². The van der Waals surface area contributed by atoms with Crippen LogP contribution in [0, 0.1) is 20.8 Å². The van der Waals surface area contributed by atoms with Gasteiger partial charge in [0, 0.05) is 5.69 Å². The third kappa shape index (κ3) is 2.91. The van der Waals surface area contributed by atoms with Crippen LogP contribution in [0.3, 0.4) is 0 Å². The number of carboxylic acid groups (broad SMARTS) is 1. The Morgan fingerprint density at radius 1 is 1.00 bits per heavy atom. The molecule has 0 bridgehead atoms. The number of hydrogen-bond acceptors (Lipinski definition) is 3. The second-order valence-corrected chi connectivity index (χ2v) is 4.93. The molecule has 2 aromatic carbocycles. The lowest BCUT2D eigenvalue weighted by atomic mass is 10.1. The number of nitrogens with two attached hydrogens (primary N) is 1. The fourth-order valence-electron chi connectivity index (χ4n) is 2.13. The van der Waals surface area contributed by atoms with Crippen molar-refractivity contribution >= 4 is 11.7 Å². The summed E-state index contributed by atoms with van der Waals surface area (Å²) in [5, 5.41) is 9.13. The van der Waals surface area contributed by atoms with Gasteiger partial charge in [-0.1, -0.05) is 6.07 Å². The maximum atomic E-state index is 11.2. The maximum Gasteiger partial charge on any atom is 0.337 e. The Morgan fingerprint density at radius 3 is 2.10 bits per heavy atom. The van der Waals surface area contributed by atoms with Crippen molar-refractivity contribution in [1.29, 1.82) is 0 Å². The standard InChI is InChI=1S/C16H17NO3/c1-9-4-10(2)6-12(5-9)20-13-7-11(3)15(17)14(8-13)16(18)19/h4-8H,17H2,1-3H3,(H,18,19). The molecular formula is C16H17NO3. The van der Waals surface area contributed by atoms with Crippen LogP contribution in [-0.2, 0) is 0 Å². The first-order valence-electron chi connectivity index (χ1n) is 6.26. The molecule has 0 aliphatic carbocycles. The summed E-state index contributed by atoms with van der Waals surface area (Å²) < 4.78 is 5.75. The van der Waals surface area contributed by atoms with Crippen molar-refractivity contribution in [3.63, 3.8) is 0 Å². The number of nitrogen functional groups attached to an aromatic ring is 1. The van der Waals surface area contributed by atoms with Gasteiger partial charge in [0.15, 0.2) is 0 Å².